The summed E-state index contributed by atoms with van der Waals surface area (Å²) in [5, 5.41) is 12.7. The summed E-state index contributed by atoms with van der Waals surface area (Å²) < 4.78 is 0. The largest absolute Gasteiger partial charge is 0.391 e. The van der Waals surface area contributed by atoms with E-state index in [0.717, 1.165) is 36.9 Å². The zero-order valence-electron chi connectivity index (χ0n) is 13.5. The van der Waals surface area contributed by atoms with Crippen molar-refractivity contribution in [1.29, 1.82) is 0 Å². The van der Waals surface area contributed by atoms with Crippen molar-refractivity contribution in [3.05, 3.63) is 29.8 Å². The number of carbonyl (C=O) groups excluding carboxylic acids is 2. The van der Waals surface area contributed by atoms with Gasteiger partial charge in [0.05, 0.1) is 6.10 Å². The van der Waals surface area contributed by atoms with Crippen molar-refractivity contribution < 1.29 is 14.7 Å². The molecular formula is C18H24N2O3. The Balaban J connectivity index is 1.59. The second-order valence-corrected chi connectivity index (χ2v) is 6.70. The molecule has 1 aromatic carbocycles. The van der Waals surface area contributed by atoms with Crippen LogP contribution in [0, 0.1) is 5.92 Å². The zero-order chi connectivity index (χ0) is 16.4. The van der Waals surface area contributed by atoms with E-state index < -0.39 is 17.9 Å². The first-order valence-electron chi connectivity index (χ1n) is 8.44. The Labute approximate surface area is 136 Å². The predicted octanol–water partition coefficient (Wildman–Crippen LogP) is 1.80. The van der Waals surface area contributed by atoms with Gasteiger partial charge < -0.3 is 15.3 Å². The van der Waals surface area contributed by atoms with Crippen molar-refractivity contribution in [2.75, 3.05) is 18.0 Å². The summed E-state index contributed by atoms with van der Waals surface area (Å²) in [7, 11) is 0. The van der Waals surface area contributed by atoms with Crippen LogP contribution in [0.25, 0.3) is 0 Å². The minimum Gasteiger partial charge on any atom is -0.391 e. The summed E-state index contributed by atoms with van der Waals surface area (Å²) in [5.41, 5.74) is 1.91. The molecule has 1 aromatic rings. The molecule has 2 N–H and O–H groups in total. The minimum atomic E-state index is -0.633. The Hall–Kier alpha value is -1.88. The zero-order valence-corrected chi connectivity index (χ0v) is 13.5. The van der Waals surface area contributed by atoms with Crippen molar-refractivity contribution >= 4 is 17.5 Å². The number of fused-ring (bicyclic) bond motifs is 1. The highest BCUT2D eigenvalue weighted by Crippen LogP contribution is 2.35. The van der Waals surface area contributed by atoms with Gasteiger partial charge in [-0.15, -0.1) is 0 Å². The molecule has 0 spiro atoms. The van der Waals surface area contributed by atoms with Crippen LogP contribution in [-0.4, -0.2) is 36.1 Å². The van der Waals surface area contributed by atoms with Gasteiger partial charge in [0.15, 0.2) is 0 Å². The van der Waals surface area contributed by atoms with E-state index >= 15 is 0 Å². The SMILES string of the molecule is C[C@@H]1CN(C(=O)C(=O)NC[C@@H](O)C2CCCC2)c2ccccc21. The molecule has 0 bridgehead atoms. The second-order valence-electron chi connectivity index (χ2n) is 6.70. The van der Waals surface area contributed by atoms with Crippen molar-refractivity contribution in [3.63, 3.8) is 0 Å². The molecule has 0 unspecified atom stereocenters. The molecule has 1 saturated carbocycles. The number of amides is 2. The van der Waals surface area contributed by atoms with Gasteiger partial charge >= 0.3 is 11.8 Å². The number of nitrogens with one attached hydrogen (secondary N) is 1. The maximum atomic E-state index is 12.4. The molecule has 1 fully saturated rings. The molecular weight excluding hydrogens is 292 g/mol. The minimum absolute atomic E-state index is 0.153. The van der Waals surface area contributed by atoms with Crippen LogP contribution in [0.3, 0.4) is 0 Å². The quantitative estimate of drug-likeness (QED) is 0.836. The van der Waals surface area contributed by atoms with E-state index in [4.69, 9.17) is 0 Å². The second kappa shape index (κ2) is 6.71. The van der Waals surface area contributed by atoms with Crippen molar-refractivity contribution in [1.82, 2.24) is 5.32 Å². The third-order valence-electron chi connectivity index (χ3n) is 5.07. The molecule has 1 heterocycles. The third kappa shape index (κ3) is 3.24. The van der Waals surface area contributed by atoms with Gasteiger partial charge in [0, 0.05) is 24.7 Å². The fourth-order valence-electron chi connectivity index (χ4n) is 3.72. The fraction of sp³-hybridized carbons (Fsp3) is 0.556. The topological polar surface area (TPSA) is 69.6 Å². The Morgan fingerprint density at radius 2 is 2.00 bits per heavy atom. The first-order valence-corrected chi connectivity index (χ1v) is 8.44. The number of aliphatic hydroxyl groups excluding tert-OH is 1. The fourth-order valence-corrected chi connectivity index (χ4v) is 3.72. The number of aliphatic hydroxyl groups is 1. The van der Waals surface area contributed by atoms with E-state index in [1.165, 1.54) is 4.90 Å². The standard InChI is InChI=1S/C18H24N2O3/c1-12-11-20(15-9-5-4-8-14(12)15)18(23)17(22)19-10-16(21)13-6-2-3-7-13/h4-5,8-9,12-13,16,21H,2-3,6-7,10-11H2,1H3,(H,19,22)/t12-,16-/m1/s1. The predicted molar refractivity (Wildman–Crippen MR) is 88.2 cm³/mol. The van der Waals surface area contributed by atoms with E-state index in [0.29, 0.717) is 6.54 Å². The Morgan fingerprint density at radius 1 is 1.30 bits per heavy atom. The highest BCUT2D eigenvalue weighted by Gasteiger charge is 2.33. The molecule has 5 nitrogen and oxygen atoms in total. The van der Waals surface area contributed by atoms with Gasteiger partial charge in [-0.1, -0.05) is 38.0 Å². The van der Waals surface area contributed by atoms with Crippen LogP contribution in [0.5, 0.6) is 0 Å². The number of nitrogens with zero attached hydrogens (tertiary/aromatic N) is 1. The Morgan fingerprint density at radius 3 is 2.74 bits per heavy atom. The van der Waals surface area contributed by atoms with Crippen LogP contribution in [-0.2, 0) is 9.59 Å². The summed E-state index contributed by atoms with van der Waals surface area (Å²) in [4.78, 5) is 26.1. The maximum absolute atomic E-state index is 12.4. The summed E-state index contributed by atoms with van der Waals surface area (Å²) in [6, 6.07) is 7.69. The number of anilines is 1. The van der Waals surface area contributed by atoms with Crippen molar-refractivity contribution in [3.8, 4) is 0 Å². The van der Waals surface area contributed by atoms with Gasteiger partial charge in [-0.2, -0.15) is 0 Å². The van der Waals surface area contributed by atoms with Crippen LogP contribution in [0.4, 0.5) is 5.69 Å². The lowest BCUT2D eigenvalue weighted by Gasteiger charge is -2.20. The highest BCUT2D eigenvalue weighted by molar-refractivity contribution is 6.40. The number of rotatable bonds is 3. The van der Waals surface area contributed by atoms with Crippen molar-refractivity contribution in [2.24, 2.45) is 5.92 Å². The lowest BCUT2D eigenvalue weighted by Crippen LogP contribution is -2.45. The molecule has 0 saturated heterocycles. The molecule has 3 rings (SSSR count). The molecule has 2 amide bonds. The number of hydrogen-bond acceptors (Lipinski definition) is 3. The van der Waals surface area contributed by atoms with Gasteiger partial charge in [0.2, 0.25) is 0 Å². The highest BCUT2D eigenvalue weighted by atomic mass is 16.3. The molecule has 0 radical (unpaired) electrons. The number of hydrogen-bond donors (Lipinski definition) is 2. The third-order valence-corrected chi connectivity index (χ3v) is 5.07. The average Bonchev–Trinajstić information content (AvgIpc) is 3.20. The lowest BCUT2D eigenvalue weighted by molar-refractivity contribution is -0.137. The van der Waals surface area contributed by atoms with Crippen LogP contribution in [0.2, 0.25) is 0 Å². The smallest absolute Gasteiger partial charge is 0.316 e. The van der Waals surface area contributed by atoms with E-state index in [9.17, 15) is 14.7 Å². The summed E-state index contributed by atoms with van der Waals surface area (Å²) in [6.45, 7) is 2.73. The first kappa shape index (κ1) is 16.0. The van der Waals surface area contributed by atoms with Crippen LogP contribution >= 0.6 is 0 Å². The molecule has 5 heteroatoms. The van der Waals surface area contributed by atoms with Crippen LogP contribution in [0.1, 0.15) is 44.1 Å². The van der Waals surface area contributed by atoms with Gasteiger partial charge in [0.25, 0.3) is 0 Å². The van der Waals surface area contributed by atoms with Gasteiger partial charge in [0.1, 0.15) is 0 Å². The van der Waals surface area contributed by atoms with E-state index in [1.54, 1.807) is 0 Å². The number of para-hydroxylation sites is 1. The van der Waals surface area contributed by atoms with Crippen molar-refractivity contribution in [2.45, 2.75) is 44.6 Å². The molecule has 23 heavy (non-hydrogen) atoms. The first-order chi connectivity index (χ1) is 11.1. The normalized spacial score (nSPS) is 22.0. The van der Waals surface area contributed by atoms with E-state index in [-0.39, 0.29) is 18.4 Å². The summed E-state index contributed by atoms with van der Waals surface area (Å²) in [5.74, 6) is -0.698. The lowest BCUT2D eigenvalue weighted by atomic mass is 10.0. The molecule has 124 valence electrons. The molecule has 2 aliphatic rings. The summed E-state index contributed by atoms with van der Waals surface area (Å²) in [6.07, 6.45) is 3.72. The Bertz CT molecular complexity index is 596. The summed E-state index contributed by atoms with van der Waals surface area (Å²) >= 11 is 0. The molecule has 2 atom stereocenters. The molecule has 1 aliphatic heterocycles. The number of benzene rings is 1. The van der Waals surface area contributed by atoms with Gasteiger partial charge in [-0.3, -0.25) is 9.59 Å². The van der Waals surface area contributed by atoms with Gasteiger partial charge in [-0.25, -0.2) is 0 Å². The van der Waals surface area contributed by atoms with E-state index in [1.807, 2.05) is 31.2 Å². The van der Waals surface area contributed by atoms with Gasteiger partial charge in [-0.05, 0) is 30.4 Å². The van der Waals surface area contributed by atoms with E-state index in [2.05, 4.69) is 5.32 Å². The molecule has 1 aliphatic carbocycles. The Kier molecular flexibility index (Phi) is 4.66. The monoisotopic (exact) mass is 316 g/mol. The maximum Gasteiger partial charge on any atom is 0.316 e. The average molecular weight is 316 g/mol. The van der Waals surface area contributed by atoms with Crippen LogP contribution in [0.15, 0.2) is 24.3 Å². The molecule has 0 aromatic heterocycles. The number of carbonyl (C=O) groups is 2. The van der Waals surface area contributed by atoms with Crippen LogP contribution < -0.4 is 10.2 Å².